The van der Waals surface area contributed by atoms with Gasteiger partial charge in [0.25, 0.3) is 0 Å². The van der Waals surface area contributed by atoms with Crippen molar-refractivity contribution >= 4 is 49.4 Å². The summed E-state index contributed by atoms with van der Waals surface area (Å²) in [6, 6.07) is 66.1. The summed E-state index contributed by atoms with van der Waals surface area (Å²) in [6.07, 6.45) is 0. The lowest BCUT2D eigenvalue weighted by Crippen LogP contribution is -2.26. The average Bonchev–Trinajstić information content (AvgIpc) is 3.67. The van der Waals surface area contributed by atoms with E-state index in [-0.39, 0.29) is 0 Å². The van der Waals surface area contributed by atoms with E-state index in [4.69, 9.17) is 0 Å². The molecule has 11 rings (SSSR count). The van der Waals surface area contributed by atoms with Crippen LogP contribution in [0, 0.1) is 13.8 Å². The molecule has 1 nitrogen and oxygen atoms in total. The number of rotatable bonds is 3. The Bertz CT molecular complexity index is 2820. The van der Waals surface area contributed by atoms with Gasteiger partial charge in [0.1, 0.15) is 0 Å². The highest BCUT2D eigenvalue weighted by Gasteiger charge is 2.53. The molecule has 0 saturated carbocycles. The van der Waals surface area contributed by atoms with E-state index < -0.39 is 5.41 Å². The first kappa shape index (κ1) is 29.3. The molecule has 0 N–H and O–H groups in total. The average molecular weight is 662 g/mol. The minimum Gasteiger partial charge on any atom is -0.310 e. The van der Waals surface area contributed by atoms with Gasteiger partial charge in [0, 0.05) is 17.1 Å². The number of benzene rings is 9. The summed E-state index contributed by atoms with van der Waals surface area (Å²) >= 11 is 0. The van der Waals surface area contributed by atoms with Crippen LogP contribution in [0.3, 0.4) is 0 Å². The zero-order valence-electron chi connectivity index (χ0n) is 29.2. The maximum Gasteiger partial charge on any atom is 0.0737 e. The van der Waals surface area contributed by atoms with Gasteiger partial charge >= 0.3 is 0 Å². The number of hydrogen-bond acceptors (Lipinski definition) is 1. The zero-order chi connectivity index (χ0) is 34.6. The molecule has 0 radical (unpaired) electrons. The van der Waals surface area contributed by atoms with Crippen LogP contribution in [0.4, 0.5) is 17.1 Å². The van der Waals surface area contributed by atoms with Crippen LogP contribution < -0.4 is 4.90 Å². The van der Waals surface area contributed by atoms with E-state index in [1.807, 2.05) is 0 Å². The predicted molar refractivity (Wildman–Crippen MR) is 219 cm³/mol. The van der Waals surface area contributed by atoms with Crippen LogP contribution in [-0.4, -0.2) is 0 Å². The van der Waals surface area contributed by atoms with Gasteiger partial charge in [-0.05, 0) is 127 Å². The summed E-state index contributed by atoms with van der Waals surface area (Å²) < 4.78 is 0. The monoisotopic (exact) mass is 661 g/mol. The van der Waals surface area contributed by atoms with Gasteiger partial charge in [-0.3, -0.25) is 0 Å². The molecule has 9 aromatic rings. The van der Waals surface area contributed by atoms with E-state index in [0.29, 0.717) is 0 Å². The lowest BCUT2D eigenvalue weighted by Gasteiger charge is -2.33. The summed E-state index contributed by atoms with van der Waals surface area (Å²) in [5.41, 5.74) is 16.4. The number of fused-ring (bicyclic) bond motifs is 17. The second kappa shape index (κ2) is 10.8. The summed E-state index contributed by atoms with van der Waals surface area (Å²) in [4.78, 5) is 2.39. The van der Waals surface area contributed by atoms with Crippen molar-refractivity contribution in [1.82, 2.24) is 0 Å². The van der Waals surface area contributed by atoms with Crippen molar-refractivity contribution in [2.75, 3.05) is 4.90 Å². The van der Waals surface area contributed by atoms with Crippen LogP contribution in [0.5, 0.6) is 0 Å². The fourth-order valence-electron chi connectivity index (χ4n) is 9.61. The second-order valence-corrected chi connectivity index (χ2v) is 14.6. The number of nitrogens with zero attached hydrogens (tertiary/aromatic N) is 1. The van der Waals surface area contributed by atoms with Gasteiger partial charge in [0.15, 0.2) is 0 Å². The lowest BCUT2D eigenvalue weighted by molar-refractivity contribution is 0.809. The molecule has 52 heavy (non-hydrogen) atoms. The quantitative estimate of drug-likeness (QED) is 0.170. The molecule has 0 amide bonds. The fourth-order valence-corrected chi connectivity index (χ4v) is 9.61. The third-order valence-electron chi connectivity index (χ3n) is 11.8. The topological polar surface area (TPSA) is 3.24 Å². The first-order valence-corrected chi connectivity index (χ1v) is 18.3. The van der Waals surface area contributed by atoms with Crippen molar-refractivity contribution in [3.63, 3.8) is 0 Å². The van der Waals surface area contributed by atoms with Gasteiger partial charge in [-0.15, -0.1) is 0 Å². The van der Waals surface area contributed by atoms with Crippen LogP contribution >= 0.6 is 0 Å². The van der Waals surface area contributed by atoms with Crippen molar-refractivity contribution < 1.29 is 0 Å². The maximum atomic E-state index is 2.42. The smallest absolute Gasteiger partial charge is 0.0737 e. The molecule has 1 spiro atoms. The maximum absolute atomic E-state index is 2.42. The van der Waals surface area contributed by atoms with Gasteiger partial charge in [-0.2, -0.15) is 0 Å². The van der Waals surface area contributed by atoms with Gasteiger partial charge in [-0.1, -0.05) is 151 Å². The lowest BCUT2D eigenvalue weighted by atomic mass is 9.68. The zero-order valence-corrected chi connectivity index (χ0v) is 29.2. The van der Waals surface area contributed by atoms with E-state index in [1.54, 1.807) is 0 Å². The highest BCUT2D eigenvalue weighted by Crippen LogP contribution is 2.66. The van der Waals surface area contributed by atoms with Crippen molar-refractivity contribution in [3.05, 3.63) is 209 Å². The Morgan fingerprint density at radius 1 is 0.365 bits per heavy atom. The van der Waals surface area contributed by atoms with Crippen molar-refractivity contribution in [2.45, 2.75) is 19.3 Å². The molecular weight excluding hydrogens is 627 g/mol. The third-order valence-corrected chi connectivity index (χ3v) is 11.8. The Labute approximate surface area is 304 Å². The number of aryl methyl sites for hydroxylation is 2. The minimum atomic E-state index is -0.476. The van der Waals surface area contributed by atoms with Crippen LogP contribution in [0.15, 0.2) is 176 Å². The van der Waals surface area contributed by atoms with Gasteiger partial charge in [0.05, 0.1) is 5.41 Å². The normalized spacial score (nSPS) is 13.3. The van der Waals surface area contributed by atoms with E-state index in [1.165, 1.54) is 88.0 Å². The molecule has 0 fully saturated rings. The van der Waals surface area contributed by atoms with Gasteiger partial charge in [-0.25, -0.2) is 0 Å². The molecule has 0 unspecified atom stereocenters. The molecule has 0 saturated heterocycles. The molecule has 0 bridgehead atoms. The van der Waals surface area contributed by atoms with Crippen molar-refractivity contribution in [3.8, 4) is 22.3 Å². The molecule has 1 heteroatoms. The molecular formula is C51H35N. The molecule has 244 valence electrons. The Balaban J connectivity index is 1.27. The van der Waals surface area contributed by atoms with E-state index in [2.05, 4.69) is 195 Å². The highest BCUT2D eigenvalue weighted by molar-refractivity contribution is 6.21. The van der Waals surface area contributed by atoms with Crippen molar-refractivity contribution in [2.24, 2.45) is 0 Å². The predicted octanol–water partition coefficient (Wildman–Crippen LogP) is 13.6. The highest BCUT2D eigenvalue weighted by atomic mass is 15.1. The Hall–Kier alpha value is -6.44. The molecule has 2 aliphatic carbocycles. The third kappa shape index (κ3) is 3.83. The standard InChI is InChI=1S/C51H35N/c1-32-19-24-35(25-20-32)52(36-26-21-33(2)22-27-36)37-28-30-38-34(31-37)23-29-45-48-43-15-5-3-11-39(43)40-12-4-6-16-44(40)50(48)51(49(38)45)46-17-9-7-13-41(46)42-14-8-10-18-47(42)51/h3-31H,1-2H3. The summed E-state index contributed by atoms with van der Waals surface area (Å²) in [5, 5.41) is 7.80. The summed E-state index contributed by atoms with van der Waals surface area (Å²) in [5.74, 6) is 0. The Morgan fingerprint density at radius 3 is 1.48 bits per heavy atom. The van der Waals surface area contributed by atoms with Crippen LogP contribution in [0.25, 0.3) is 54.6 Å². The molecule has 9 aromatic carbocycles. The van der Waals surface area contributed by atoms with Crippen LogP contribution in [-0.2, 0) is 5.41 Å². The summed E-state index contributed by atoms with van der Waals surface area (Å²) in [7, 11) is 0. The first-order chi connectivity index (χ1) is 25.6. The second-order valence-electron chi connectivity index (χ2n) is 14.6. The minimum absolute atomic E-state index is 0.476. The molecule has 2 aliphatic rings. The SMILES string of the molecule is Cc1ccc(N(c2ccc(C)cc2)c2ccc3c4c(ccc3c2)-c2c(c3ccccc3c3ccccc23)C42c3ccccc3-c3ccccc32)cc1. The van der Waals surface area contributed by atoms with Gasteiger partial charge < -0.3 is 4.90 Å². The fraction of sp³-hybridized carbons (Fsp3) is 0.0588. The van der Waals surface area contributed by atoms with E-state index >= 15 is 0 Å². The number of hydrogen-bond donors (Lipinski definition) is 0. The van der Waals surface area contributed by atoms with Crippen molar-refractivity contribution in [1.29, 1.82) is 0 Å². The molecule has 0 heterocycles. The Morgan fingerprint density at radius 2 is 0.865 bits per heavy atom. The largest absolute Gasteiger partial charge is 0.310 e. The summed E-state index contributed by atoms with van der Waals surface area (Å²) in [6.45, 7) is 4.30. The molecule has 0 atom stereocenters. The van der Waals surface area contributed by atoms with Crippen LogP contribution in [0.1, 0.15) is 33.4 Å². The molecule has 0 aliphatic heterocycles. The number of anilines is 3. The van der Waals surface area contributed by atoms with Gasteiger partial charge in [0.2, 0.25) is 0 Å². The first-order valence-electron chi connectivity index (χ1n) is 18.3. The molecule has 0 aromatic heterocycles. The van der Waals surface area contributed by atoms with Crippen LogP contribution in [0.2, 0.25) is 0 Å². The van der Waals surface area contributed by atoms with E-state index in [0.717, 1.165) is 17.1 Å². The van der Waals surface area contributed by atoms with E-state index in [9.17, 15) is 0 Å². The Kier molecular flexibility index (Phi) is 6.08.